The number of aliphatic hydroxyl groups excluding tert-OH is 1. The fourth-order valence-corrected chi connectivity index (χ4v) is 2.00. The average molecular weight is 287 g/mol. The van der Waals surface area contributed by atoms with Crippen LogP contribution in [0.5, 0.6) is 5.75 Å². The molecule has 1 aromatic rings. The van der Waals surface area contributed by atoms with Crippen LogP contribution in [0, 0.1) is 6.92 Å². The van der Waals surface area contributed by atoms with E-state index < -0.39 is 0 Å². The lowest BCUT2D eigenvalue weighted by Crippen LogP contribution is -1.99. The Balaban J connectivity index is 2.21. The Morgan fingerprint density at radius 3 is 2.62 bits per heavy atom. The van der Waals surface area contributed by atoms with Crippen molar-refractivity contribution in [2.24, 2.45) is 0 Å². The van der Waals surface area contributed by atoms with E-state index in [2.05, 4.69) is 22.0 Å². The molecule has 0 atom stereocenters. The molecule has 0 aliphatic carbocycles. The van der Waals surface area contributed by atoms with Gasteiger partial charge in [0.05, 0.1) is 6.61 Å². The van der Waals surface area contributed by atoms with Gasteiger partial charge in [0.25, 0.3) is 0 Å². The summed E-state index contributed by atoms with van der Waals surface area (Å²) in [5, 5.41) is 8.63. The summed E-state index contributed by atoms with van der Waals surface area (Å²) in [4.78, 5) is 0. The summed E-state index contributed by atoms with van der Waals surface area (Å²) in [6, 6.07) is 6.04. The molecule has 0 spiro atoms. The number of rotatable bonds is 7. The molecule has 0 saturated carbocycles. The standard InChI is InChI=1S/C13H19BrO2/c1-11-10-12(14)6-7-13(11)16-9-5-3-2-4-8-15/h6-7,10,15H,2-5,8-9H2,1H3. The Bertz CT molecular complexity index is 313. The van der Waals surface area contributed by atoms with Crippen LogP contribution in [0.3, 0.4) is 0 Å². The van der Waals surface area contributed by atoms with Gasteiger partial charge in [0, 0.05) is 11.1 Å². The molecule has 0 amide bonds. The van der Waals surface area contributed by atoms with Crippen molar-refractivity contribution in [2.75, 3.05) is 13.2 Å². The third kappa shape index (κ3) is 4.99. The molecule has 1 aromatic carbocycles. The van der Waals surface area contributed by atoms with E-state index in [4.69, 9.17) is 9.84 Å². The minimum atomic E-state index is 0.298. The number of aliphatic hydroxyl groups is 1. The van der Waals surface area contributed by atoms with Gasteiger partial charge in [-0.1, -0.05) is 22.4 Å². The number of benzene rings is 1. The van der Waals surface area contributed by atoms with Crippen molar-refractivity contribution >= 4 is 15.9 Å². The van der Waals surface area contributed by atoms with Gasteiger partial charge in [-0.05, 0) is 49.9 Å². The van der Waals surface area contributed by atoms with E-state index in [-0.39, 0.29) is 0 Å². The highest BCUT2D eigenvalue weighted by molar-refractivity contribution is 9.10. The van der Waals surface area contributed by atoms with Crippen LogP contribution >= 0.6 is 15.9 Å². The SMILES string of the molecule is Cc1cc(Br)ccc1OCCCCCCO. The van der Waals surface area contributed by atoms with Gasteiger partial charge in [0.1, 0.15) is 5.75 Å². The van der Waals surface area contributed by atoms with Crippen LogP contribution in [0.25, 0.3) is 0 Å². The van der Waals surface area contributed by atoms with Crippen molar-refractivity contribution in [1.82, 2.24) is 0 Å². The van der Waals surface area contributed by atoms with Crippen molar-refractivity contribution in [3.63, 3.8) is 0 Å². The third-order valence-corrected chi connectivity index (χ3v) is 2.94. The molecule has 0 aliphatic rings. The lowest BCUT2D eigenvalue weighted by atomic mass is 10.2. The molecular formula is C13H19BrO2. The molecule has 16 heavy (non-hydrogen) atoms. The Labute approximate surface area is 106 Å². The molecule has 0 bridgehead atoms. The van der Waals surface area contributed by atoms with Crippen LogP contribution in [-0.4, -0.2) is 18.3 Å². The second-order valence-corrected chi connectivity index (χ2v) is 4.81. The average Bonchev–Trinajstić information content (AvgIpc) is 2.26. The fraction of sp³-hybridized carbons (Fsp3) is 0.538. The van der Waals surface area contributed by atoms with Gasteiger partial charge in [-0.15, -0.1) is 0 Å². The quantitative estimate of drug-likeness (QED) is 0.775. The number of hydrogen-bond acceptors (Lipinski definition) is 2. The van der Waals surface area contributed by atoms with E-state index in [9.17, 15) is 0 Å². The maximum Gasteiger partial charge on any atom is 0.122 e. The number of unbranched alkanes of at least 4 members (excludes halogenated alkanes) is 3. The van der Waals surface area contributed by atoms with E-state index in [1.807, 2.05) is 19.1 Å². The predicted octanol–water partition coefficient (Wildman–Crippen LogP) is 3.69. The number of ether oxygens (including phenoxy) is 1. The molecule has 0 saturated heterocycles. The second kappa shape index (κ2) is 7.69. The molecule has 2 nitrogen and oxygen atoms in total. The van der Waals surface area contributed by atoms with Crippen LogP contribution in [0.2, 0.25) is 0 Å². The van der Waals surface area contributed by atoms with Gasteiger partial charge in [-0.25, -0.2) is 0 Å². The van der Waals surface area contributed by atoms with Gasteiger partial charge in [0.2, 0.25) is 0 Å². The molecule has 0 aliphatic heterocycles. The zero-order valence-corrected chi connectivity index (χ0v) is 11.3. The first-order valence-electron chi connectivity index (χ1n) is 5.74. The van der Waals surface area contributed by atoms with E-state index in [1.54, 1.807) is 0 Å². The molecule has 0 fully saturated rings. The van der Waals surface area contributed by atoms with Crippen molar-refractivity contribution in [1.29, 1.82) is 0 Å². The highest BCUT2D eigenvalue weighted by Gasteiger charge is 1.99. The summed E-state index contributed by atoms with van der Waals surface area (Å²) >= 11 is 3.43. The summed E-state index contributed by atoms with van der Waals surface area (Å²) in [5.74, 6) is 0.963. The smallest absolute Gasteiger partial charge is 0.122 e. The minimum absolute atomic E-state index is 0.298. The summed E-state index contributed by atoms with van der Waals surface area (Å²) in [6.45, 7) is 3.10. The maximum absolute atomic E-state index is 8.63. The van der Waals surface area contributed by atoms with E-state index in [0.29, 0.717) is 6.61 Å². The predicted molar refractivity (Wildman–Crippen MR) is 69.9 cm³/mol. The fourth-order valence-electron chi connectivity index (χ4n) is 1.52. The molecule has 1 rings (SSSR count). The molecule has 1 N–H and O–H groups in total. The minimum Gasteiger partial charge on any atom is -0.493 e. The molecule has 90 valence electrons. The molecule has 0 radical (unpaired) electrons. The lowest BCUT2D eigenvalue weighted by molar-refractivity contribution is 0.273. The monoisotopic (exact) mass is 286 g/mol. The van der Waals surface area contributed by atoms with Crippen LogP contribution in [0.4, 0.5) is 0 Å². The van der Waals surface area contributed by atoms with Crippen molar-refractivity contribution in [3.8, 4) is 5.75 Å². The van der Waals surface area contributed by atoms with Crippen LogP contribution < -0.4 is 4.74 Å². The Morgan fingerprint density at radius 2 is 1.94 bits per heavy atom. The van der Waals surface area contributed by atoms with Crippen LogP contribution in [0.15, 0.2) is 22.7 Å². The number of hydrogen-bond donors (Lipinski definition) is 1. The van der Waals surface area contributed by atoms with Gasteiger partial charge < -0.3 is 9.84 Å². The van der Waals surface area contributed by atoms with Crippen molar-refractivity contribution in [3.05, 3.63) is 28.2 Å². The number of aryl methyl sites for hydroxylation is 1. The third-order valence-electron chi connectivity index (χ3n) is 2.45. The molecule has 0 heterocycles. The molecule has 3 heteroatoms. The normalized spacial score (nSPS) is 10.4. The number of halogens is 1. The lowest BCUT2D eigenvalue weighted by Gasteiger charge is -2.09. The van der Waals surface area contributed by atoms with Crippen molar-refractivity contribution < 1.29 is 9.84 Å². The Morgan fingerprint density at radius 1 is 1.19 bits per heavy atom. The highest BCUT2D eigenvalue weighted by atomic mass is 79.9. The maximum atomic E-state index is 8.63. The first-order valence-corrected chi connectivity index (χ1v) is 6.53. The van der Waals surface area contributed by atoms with Crippen LogP contribution in [-0.2, 0) is 0 Å². The first-order chi connectivity index (χ1) is 7.74. The first kappa shape index (κ1) is 13.5. The zero-order valence-electron chi connectivity index (χ0n) is 9.71. The summed E-state index contributed by atoms with van der Waals surface area (Å²) in [5.41, 5.74) is 1.16. The van der Waals surface area contributed by atoms with E-state index in [0.717, 1.165) is 48.1 Å². The van der Waals surface area contributed by atoms with E-state index in [1.165, 1.54) is 0 Å². The topological polar surface area (TPSA) is 29.5 Å². The molecular weight excluding hydrogens is 268 g/mol. The van der Waals surface area contributed by atoms with Gasteiger partial charge in [-0.3, -0.25) is 0 Å². The van der Waals surface area contributed by atoms with E-state index >= 15 is 0 Å². The second-order valence-electron chi connectivity index (χ2n) is 3.90. The molecule has 0 unspecified atom stereocenters. The Hall–Kier alpha value is -0.540. The molecule has 0 aromatic heterocycles. The van der Waals surface area contributed by atoms with Crippen molar-refractivity contribution in [2.45, 2.75) is 32.6 Å². The largest absolute Gasteiger partial charge is 0.493 e. The summed E-state index contributed by atoms with van der Waals surface area (Å²) in [6.07, 6.45) is 4.15. The van der Waals surface area contributed by atoms with Crippen LogP contribution in [0.1, 0.15) is 31.2 Å². The van der Waals surface area contributed by atoms with Gasteiger partial charge in [-0.2, -0.15) is 0 Å². The van der Waals surface area contributed by atoms with Gasteiger partial charge in [0.15, 0.2) is 0 Å². The summed E-state index contributed by atoms with van der Waals surface area (Å²) in [7, 11) is 0. The highest BCUT2D eigenvalue weighted by Crippen LogP contribution is 2.22. The van der Waals surface area contributed by atoms with Gasteiger partial charge >= 0.3 is 0 Å². The summed E-state index contributed by atoms with van der Waals surface area (Å²) < 4.78 is 6.77. The zero-order chi connectivity index (χ0) is 11.8. The Kier molecular flexibility index (Phi) is 6.50.